The maximum absolute atomic E-state index is 13.1. The Labute approximate surface area is 406 Å². The molecule has 0 aliphatic carbocycles. The summed E-state index contributed by atoms with van der Waals surface area (Å²) in [5.41, 5.74) is 2.18. The maximum atomic E-state index is 13.1. The van der Waals surface area contributed by atoms with E-state index in [1.807, 2.05) is 0 Å². The highest BCUT2D eigenvalue weighted by molar-refractivity contribution is 5.69. The number of hydrogen-bond acceptors (Lipinski definition) is 8. The molecule has 1 aromatic rings. The lowest BCUT2D eigenvalue weighted by Gasteiger charge is -2.28. The lowest BCUT2D eigenvalue weighted by atomic mass is 9.98. The van der Waals surface area contributed by atoms with Gasteiger partial charge in [-0.2, -0.15) is 0 Å². The molecule has 0 heterocycles. The van der Waals surface area contributed by atoms with Crippen LogP contribution in [-0.2, 0) is 30.2 Å². The Morgan fingerprint density at radius 1 is 0.485 bits per heavy atom. The van der Waals surface area contributed by atoms with E-state index in [4.69, 9.17) is 14.2 Å². The van der Waals surface area contributed by atoms with Crippen LogP contribution in [0.4, 0.5) is 5.69 Å². The molecule has 8 nitrogen and oxygen atoms in total. The smallest absolute Gasteiger partial charge is 0.306 e. The summed E-state index contributed by atoms with van der Waals surface area (Å²) in [6.45, 7) is 14.6. The maximum Gasteiger partial charge on any atom is 0.306 e. The van der Waals surface area contributed by atoms with Gasteiger partial charge in [-0.1, -0.05) is 180 Å². The number of esters is 2. The number of nitrogens with zero attached hydrogens (tertiary/aromatic N) is 1. The normalized spacial score (nSPS) is 11.9. The van der Waals surface area contributed by atoms with E-state index in [0.29, 0.717) is 31.6 Å². The van der Waals surface area contributed by atoms with E-state index >= 15 is 0 Å². The van der Waals surface area contributed by atoms with Gasteiger partial charge in [0.1, 0.15) is 6.10 Å². The zero-order valence-corrected chi connectivity index (χ0v) is 44.1. The number of rotatable bonds is 50. The Morgan fingerprint density at radius 2 is 0.924 bits per heavy atom. The summed E-state index contributed by atoms with van der Waals surface area (Å²) in [7, 11) is 0. The Hall–Kier alpha value is -2.48. The van der Waals surface area contributed by atoms with Gasteiger partial charge in [0.25, 0.3) is 0 Å². The number of unbranched alkanes of at least 4 members (excludes halogenated alkanes) is 26. The topological polar surface area (TPSA) is 99.2 Å². The summed E-state index contributed by atoms with van der Waals surface area (Å²) in [5, 5.41) is 0. The van der Waals surface area contributed by atoms with Crippen molar-refractivity contribution in [3.63, 3.8) is 0 Å². The molecule has 1 aromatic carbocycles. The van der Waals surface area contributed by atoms with E-state index in [9.17, 15) is 19.2 Å². The SMILES string of the molecule is C/C=C(\C)CCCOCCCCCc1c(N(CCCCCCCC(=O)OCCCCCCCCC)CCCCCCCC(=O)OC(CCCCCCCC)CCCCCCCC)c(=O)c1=O. The van der Waals surface area contributed by atoms with Crippen LogP contribution in [0.1, 0.15) is 284 Å². The lowest BCUT2D eigenvalue weighted by molar-refractivity contribution is -0.150. The minimum Gasteiger partial charge on any atom is -0.466 e. The van der Waals surface area contributed by atoms with E-state index in [2.05, 4.69) is 45.6 Å². The van der Waals surface area contributed by atoms with Crippen LogP contribution in [0.5, 0.6) is 0 Å². The van der Waals surface area contributed by atoms with Crippen molar-refractivity contribution in [2.45, 2.75) is 291 Å². The number of carbonyl (C=O) groups is 2. The number of carbonyl (C=O) groups excluding carboxylic acids is 2. The van der Waals surface area contributed by atoms with Crippen LogP contribution in [0.15, 0.2) is 21.2 Å². The molecule has 0 bridgehead atoms. The van der Waals surface area contributed by atoms with Crippen molar-refractivity contribution in [3.8, 4) is 0 Å². The second kappa shape index (κ2) is 45.0. The van der Waals surface area contributed by atoms with Gasteiger partial charge in [-0.3, -0.25) is 19.2 Å². The minimum absolute atomic E-state index is 0.0304. The van der Waals surface area contributed by atoms with Crippen molar-refractivity contribution in [2.75, 3.05) is 37.8 Å². The van der Waals surface area contributed by atoms with Crippen LogP contribution in [0, 0.1) is 0 Å². The first-order valence-electron chi connectivity index (χ1n) is 28.4. The predicted molar refractivity (Wildman–Crippen MR) is 281 cm³/mol. The molecule has 0 unspecified atom stereocenters. The molecule has 0 spiro atoms. The molecule has 0 aliphatic rings. The van der Waals surface area contributed by atoms with Crippen LogP contribution in [0.25, 0.3) is 0 Å². The number of allylic oxidation sites excluding steroid dienone is 2. The molecule has 0 amide bonds. The molecule has 8 heteroatoms. The Balaban J connectivity index is 2.58. The standard InChI is InChI=1S/C58H105NO7/c1-6-10-13-16-19-28-38-50-65-54(60)44-33-24-20-26-35-46-59(56-53(57(62)58(56)63)43-32-29-37-48-64-49-39-40-51(5)9-4)47-36-27-21-25-34-45-55(61)66-52(41-30-22-17-14-11-7-2)42-31-23-18-15-12-8-3/h9,52H,6-8,10-50H2,1-5H3/b51-9+. The molecular formula is C58H105NO7. The molecule has 0 atom stereocenters. The highest BCUT2D eigenvalue weighted by Crippen LogP contribution is 2.22. The van der Waals surface area contributed by atoms with E-state index in [1.165, 1.54) is 102 Å². The van der Waals surface area contributed by atoms with Gasteiger partial charge in [0.05, 0.1) is 12.3 Å². The van der Waals surface area contributed by atoms with Crippen LogP contribution in [0.3, 0.4) is 0 Å². The molecule has 0 radical (unpaired) electrons. The largest absolute Gasteiger partial charge is 0.466 e. The average molecular weight is 928 g/mol. The first kappa shape index (κ1) is 61.5. The zero-order valence-electron chi connectivity index (χ0n) is 44.1. The van der Waals surface area contributed by atoms with Gasteiger partial charge < -0.3 is 19.1 Å². The van der Waals surface area contributed by atoms with Crippen molar-refractivity contribution in [2.24, 2.45) is 0 Å². The second-order valence-electron chi connectivity index (χ2n) is 19.7. The summed E-state index contributed by atoms with van der Waals surface area (Å²) < 4.78 is 17.4. The summed E-state index contributed by atoms with van der Waals surface area (Å²) in [5.74, 6) is -0.106. The van der Waals surface area contributed by atoms with Crippen molar-refractivity contribution in [1.82, 2.24) is 0 Å². The number of anilines is 1. The first-order valence-corrected chi connectivity index (χ1v) is 28.4. The Morgan fingerprint density at radius 3 is 1.47 bits per heavy atom. The van der Waals surface area contributed by atoms with Crippen molar-refractivity contribution >= 4 is 17.6 Å². The monoisotopic (exact) mass is 928 g/mol. The molecular weight excluding hydrogens is 823 g/mol. The highest BCUT2D eigenvalue weighted by Gasteiger charge is 2.25. The van der Waals surface area contributed by atoms with Gasteiger partial charge in [0.2, 0.25) is 10.9 Å². The minimum atomic E-state index is -0.315. The van der Waals surface area contributed by atoms with Crippen molar-refractivity contribution in [1.29, 1.82) is 0 Å². The molecule has 384 valence electrons. The van der Waals surface area contributed by atoms with E-state index < -0.39 is 0 Å². The fourth-order valence-electron chi connectivity index (χ4n) is 9.04. The summed E-state index contributed by atoms with van der Waals surface area (Å²) in [4.78, 5) is 53.4. The molecule has 0 aliphatic heterocycles. The number of hydrogen-bond donors (Lipinski definition) is 0. The van der Waals surface area contributed by atoms with Crippen molar-refractivity contribution < 1.29 is 23.8 Å². The zero-order chi connectivity index (χ0) is 48.1. The highest BCUT2D eigenvalue weighted by atomic mass is 16.5. The van der Waals surface area contributed by atoms with Crippen LogP contribution in [-0.4, -0.2) is 51.0 Å². The predicted octanol–water partition coefficient (Wildman–Crippen LogP) is 16.0. The third-order valence-electron chi connectivity index (χ3n) is 13.6. The second-order valence-corrected chi connectivity index (χ2v) is 19.7. The van der Waals surface area contributed by atoms with Gasteiger partial charge in [-0.25, -0.2) is 0 Å². The van der Waals surface area contributed by atoms with Crippen LogP contribution < -0.4 is 15.8 Å². The van der Waals surface area contributed by atoms with E-state index in [1.54, 1.807) is 0 Å². The first-order chi connectivity index (χ1) is 32.3. The van der Waals surface area contributed by atoms with Crippen LogP contribution in [0.2, 0.25) is 0 Å². The summed E-state index contributed by atoms with van der Waals surface area (Å²) in [6.07, 6.45) is 44.1. The van der Waals surface area contributed by atoms with E-state index in [-0.39, 0.29) is 28.9 Å². The fraction of sp³-hybridized carbons (Fsp3) is 0.862. The van der Waals surface area contributed by atoms with Gasteiger partial charge in [0.15, 0.2) is 0 Å². The fourth-order valence-corrected chi connectivity index (χ4v) is 9.04. The summed E-state index contributed by atoms with van der Waals surface area (Å²) in [6, 6.07) is 0. The van der Waals surface area contributed by atoms with Gasteiger partial charge in [-0.15, -0.1) is 0 Å². The average Bonchev–Trinajstić information content (AvgIpc) is 3.31. The Kier molecular flexibility index (Phi) is 41.9. The third kappa shape index (κ3) is 33.9. The molecule has 0 fully saturated rings. The third-order valence-corrected chi connectivity index (χ3v) is 13.6. The molecule has 66 heavy (non-hydrogen) atoms. The molecule has 1 rings (SSSR count). The van der Waals surface area contributed by atoms with Gasteiger partial charge >= 0.3 is 11.9 Å². The van der Waals surface area contributed by atoms with Gasteiger partial charge in [0, 0.05) is 44.7 Å². The van der Waals surface area contributed by atoms with Crippen molar-refractivity contribution in [3.05, 3.63) is 37.7 Å². The molecule has 0 saturated carbocycles. The van der Waals surface area contributed by atoms with Gasteiger partial charge in [-0.05, 0) is 104 Å². The lowest BCUT2D eigenvalue weighted by Crippen LogP contribution is -2.44. The molecule has 0 N–H and O–H groups in total. The van der Waals surface area contributed by atoms with E-state index in [0.717, 1.165) is 167 Å². The quantitative estimate of drug-likeness (QED) is 0.0276. The van der Waals surface area contributed by atoms with Crippen LogP contribution >= 0.6 is 0 Å². The Bertz CT molecular complexity index is 1360. The molecule has 0 saturated heterocycles. The summed E-state index contributed by atoms with van der Waals surface area (Å²) >= 11 is 0. The molecule has 0 aromatic heterocycles. The number of ether oxygens (including phenoxy) is 3.